The topological polar surface area (TPSA) is 59.6 Å². The third kappa shape index (κ3) is 3.51. The molecule has 1 aromatic rings. The molecular weight excluding hydrogens is 403 g/mol. The van der Waals surface area contributed by atoms with Crippen molar-refractivity contribution in [1.82, 2.24) is 0 Å². The zero-order valence-corrected chi connectivity index (χ0v) is 15.4. The first-order valence-corrected chi connectivity index (χ1v) is 6.85. The number of halogens is 3. The molecule has 0 saturated heterocycles. The van der Waals surface area contributed by atoms with Crippen molar-refractivity contribution in [2.45, 2.75) is 32.9 Å². The third-order valence-corrected chi connectivity index (χ3v) is 4.19. The number of nitrogens with zero attached hydrogens (tertiary/aromatic N) is 1. The Morgan fingerprint density at radius 1 is 1.36 bits per heavy atom. The zero-order chi connectivity index (χ0) is 15.8. The van der Waals surface area contributed by atoms with Gasteiger partial charge in [0.1, 0.15) is 11.6 Å². The minimum atomic E-state index is -0.578. The van der Waals surface area contributed by atoms with Gasteiger partial charge in [-0.25, -0.2) is 13.8 Å². The fourth-order valence-electron chi connectivity index (χ4n) is 3.29. The molecule has 0 bridgehead atoms. The van der Waals surface area contributed by atoms with Crippen molar-refractivity contribution in [1.29, 1.82) is 0 Å². The van der Waals surface area contributed by atoms with Crippen LogP contribution in [-0.2, 0) is 4.74 Å². The Kier molecular flexibility index (Phi) is 6.14. The molecule has 0 radical (unpaired) electrons. The van der Waals surface area contributed by atoms with Gasteiger partial charge in [0.2, 0.25) is 0 Å². The van der Waals surface area contributed by atoms with Crippen LogP contribution in [0.5, 0.6) is 0 Å². The molecule has 1 fully saturated rings. The minimum Gasteiger partial charge on any atom is -0.380 e. The van der Waals surface area contributed by atoms with Crippen LogP contribution < -0.4 is 11.1 Å². The number of methoxy groups -OCH3 is 1. The van der Waals surface area contributed by atoms with Gasteiger partial charge in [-0.2, -0.15) is 0 Å². The van der Waals surface area contributed by atoms with Gasteiger partial charge in [-0.15, -0.1) is 24.0 Å². The van der Waals surface area contributed by atoms with Gasteiger partial charge in [-0.1, -0.05) is 20.8 Å². The highest BCUT2D eigenvalue weighted by Gasteiger charge is 2.54. The summed E-state index contributed by atoms with van der Waals surface area (Å²) in [6, 6.07) is 3.10. The molecule has 2 rings (SSSR count). The van der Waals surface area contributed by atoms with Crippen molar-refractivity contribution in [3.63, 3.8) is 0 Å². The molecule has 3 atom stereocenters. The molecule has 1 aromatic carbocycles. The number of benzene rings is 1. The number of nitrogens with one attached hydrogen (secondary N) is 1. The number of guanidine groups is 1. The van der Waals surface area contributed by atoms with E-state index < -0.39 is 11.6 Å². The first-order chi connectivity index (χ1) is 9.77. The van der Waals surface area contributed by atoms with Crippen molar-refractivity contribution < 1.29 is 13.5 Å². The van der Waals surface area contributed by atoms with Gasteiger partial charge in [-0.3, -0.25) is 0 Å². The summed E-state index contributed by atoms with van der Waals surface area (Å²) in [7, 11) is 1.67. The van der Waals surface area contributed by atoms with Crippen molar-refractivity contribution in [2.24, 2.45) is 22.1 Å². The summed E-state index contributed by atoms with van der Waals surface area (Å²) < 4.78 is 32.1. The maximum Gasteiger partial charge on any atom is 0.193 e. The van der Waals surface area contributed by atoms with E-state index in [-0.39, 0.29) is 59.1 Å². The lowest BCUT2D eigenvalue weighted by molar-refractivity contribution is -0.132. The monoisotopic (exact) mass is 425 g/mol. The molecule has 22 heavy (non-hydrogen) atoms. The number of anilines is 1. The Hall–Kier alpha value is -0.960. The highest BCUT2D eigenvalue weighted by atomic mass is 127. The van der Waals surface area contributed by atoms with Gasteiger partial charge in [0.25, 0.3) is 0 Å². The quantitative estimate of drug-likeness (QED) is 0.444. The van der Waals surface area contributed by atoms with E-state index in [4.69, 9.17) is 10.5 Å². The van der Waals surface area contributed by atoms with E-state index >= 15 is 0 Å². The van der Waals surface area contributed by atoms with Crippen LogP contribution in [0.15, 0.2) is 23.2 Å². The number of nitrogens with two attached hydrogens (primary N) is 1. The molecule has 1 aliphatic rings. The predicted octanol–water partition coefficient (Wildman–Crippen LogP) is 3.37. The number of rotatable bonds is 3. The molecule has 7 heteroatoms. The van der Waals surface area contributed by atoms with Crippen LogP contribution in [0.25, 0.3) is 0 Å². The molecule has 4 nitrogen and oxygen atoms in total. The number of ether oxygens (including phenoxy) is 1. The summed E-state index contributed by atoms with van der Waals surface area (Å²) in [5, 5.41) is 2.61. The summed E-state index contributed by atoms with van der Waals surface area (Å²) in [5.41, 5.74) is 5.64. The van der Waals surface area contributed by atoms with E-state index in [1.807, 2.05) is 20.8 Å². The third-order valence-electron chi connectivity index (χ3n) is 4.19. The first-order valence-electron chi connectivity index (χ1n) is 6.85. The van der Waals surface area contributed by atoms with E-state index in [1.165, 1.54) is 0 Å². The standard InChI is InChI=1S/C15H21F2N3O.HI/c1-8-12(15(2,3)13(8)21-4)20-14(18)19-11-7-9(16)5-6-10(11)17;/h5-8,12-13H,1-4H3,(H3,18,19,20);1H. The van der Waals surface area contributed by atoms with Crippen LogP contribution in [0.1, 0.15) is 20.8 Å². The van der Waals surface area contributed by atoms with Gasteiger partial charge in [0, 0.05) is 24.5 Å². The molecular formula is C15H22F2IN3O. The van der Waals surface area contributed by atoms with E-state index in [0.717, 1.165) is 18.2 Å². The SMILES string of the molecule is COC1C(C)C(N=C(N)Nc2cc(F)ccc2F)C1(C)C.I. The average molecular weight is 425 g/mol. The maximum atomic E-state index is 13.5. The lowest BCUT2D eigenvalue weighted by Gasteiger charge is -2.54. The second-order valence-corrected chi connectivity index (χ2v) is 6.05. The van der Waals surface area contributed by atoms with Crippen LogP contribution in [0.4, 0.5) is 14.5 Å². The van der Waals surface area contributed by atoms with Crippen molar-refractivity contribution >= 4 is 35.6 Å². The molecule has 3 N–H and O–H groups in total. The van der Waals surface area contributed by atoms with Gasteiger partial charge < -0.3 is 15.8 Å². The fraction of sp³-hybridized carbons (Fsp3) is 0.533. The van der Waals surface area contributed by atoms with Crippen LogP contribution in [-0.4, -0.2) is 25.2 Å². The molecule has 1 aliphatic carbocycles. The highest BCUT2D eigenvalue weighted by molar-refractivity contribution is 14.0. The second kappa shape index (κ2) is 7.08. The summed E-state index contributed by atoms with van der Waals surface area (Å²) in [5.74, 6) is -0.838. The fourth-order valence-corrected chi connectivity index (χ4v) is 3.29. The van der Waals surface area contributed by atoms with Crippen LogP contribution in [0.3, 0.4) is 0 Å². The summed E-state index contributed by atoms with van der Waals surface area (Å²) in [6.07, 6.45) is 0.102. The Bertz CT molecular complexity index is 566. The molecule has 1 saturated carbocycles. The van der Waals surface area contributed by atoms with Crippen molar-refractivity contribution in [3.05, 3.63) is 29.8 Å². The van der Waals surface area contributed by atoms with Crippen LogP contribution in [0, 0.1) is 23.0 Å². The van der Waals surface area contributed by atoms with Gasteiger partial charge >= 0.3 is 0 Å². The molecule has 0 heterocycles. The predicted molar refractivity (Wildman–Crippen MR) is 94.5 cm³/mol. The molecule has 0 spiro atoms. The highest BCUT2D eigenvalue weighted by Crippen LogP contribution is 2.48. The second-order valence-electron chi connectivity index (χ2n) is 6.05. The van der Waals surface area contributed by atoms with E-state index in [9.17, 15) is 8.78 Å². The van der Waals surface area contributed by atoms with Gasteiger partial charge in [0.05, 0.1) is 17.8 Å². The molecule has 124 valence electrons. The number of hydrogen-bond acceptors (Lipinski definition) is 2. The summed E-state index contributed by atoms with van der Waals surface area (Å²) in [4.78, 5) is 4.39. The van der Waals surface area contributed by atoms with Crippen LogP contribution >= 0.6 is 24.0 Å². The molecule has 0 amide bonds. The van der Waals surface area contributed by atoms with E-state index in [2.05, 4.69) is 10.3 Å². The Morgan fingerprint density at radius 2 is 2.00 bits per heavy atom. The smallest absolute Gasteiger partial charge is 0.193 e. The maximum absolute atomic E-state index is 13.5. The Labute approximate surface area is 146 Å². The van der Waals surface area contributed by atoms with Crippen molar-refractivity contribution in [3.8, 4) is 0 Å². The summed E-state index contributed by atoms with van der Waals surface area (Å²) >= 11 is 0. The van der Waals surface area contributed by atoms with Gasteiger partial charge in [-0.05, 0) is 12.1 Å². The number of hydrogen-bond donors (Lipinski definition) is 2. The van der Waals surface area contributed by atoms with Crippen LogP contribution in [0.2, 0.25) is 0 Å². The molecule has 0 aliphatic heterocycles. The largest absolute Gasteiger partial charge is 0.380 e. The van der Waals surface area contributed by atoms with Crippen molar-refractivity contribution in [2.75, 3.05) is 12.4 Å². The Morgan fingerprint density at radius 3 is 2.55 bits per heavy atom. The summed E-state index contributed by atoms with van der Waals surface area (Å²) in [6.45, 7) is 6.13. The van der Waals surface area contributed by atoms with Gasteiger partial charge in [0.15, 0.2) is 5.96 Å². The average Bonchev–Trinajstić information content (AvgIpc) is 2.40. The lowest BCUT2D eigenvalue weighted by atomic mass is 9.58. The molecule has 3 unspecified atom stereocenters. The lowest BCUT2D eigenvalue weighted by Crippen LogP contribution is -2.61. The zero-order valence-electron chi connectivity index (χ0n) is 13.1. The minimum absolute atomic E-state index is 0. The first kappa shape index (κ1) is 19.1. The Balaban J connectivity index is 0.00000242. The normalized spacial score (nSPS) is 26.8. The van der Waals surface area contributed by atoms with E-state index in [1.54, 1.807) is 7.11 Å². The number of aliphatic imine (C=N–C) groups is 1. The molecule has 0 aromatic heterocycles. The van der Waals surface area contributed by atoms with E-state index in [0.29, 0.717) is 0 Å².